The summed E-state index contributed by atoms with van der Waals surface area (Å²) in [6, 6.07) is 3.38. The monoisotopic (exact) mass is 275 g/mol. The van der Waals surface area contributed by atoms with Gasteiger partial charge in [0.25, 0.3) is 5.91 Å². The summed E-state index contributed by atoms with van der Waals surface area (Å²) in [7, 11) is 0. The van der Waals surface area contributed by atoms with E-state index in [1.165, 1.54) is 11.2 Å². The minimum atomic E-state index is -1.30. The summed E-state index contributed by atoms with van der Waals surface area (Å²) in [6.07, 6.45) is 4.20. The van der Waals surface area contributed by atoms with E-state index in [-0.39, 0.29) is 5.91 Å². The Labute approximate surface area is 119 Å². The lowest BCUT2D eigenvalue weighted by atomic mass is 9.79. The first-order chi connectivity index (χ1) is 9.29. The molecule has 1 N–H and O–H groups in total. The molecule has 0 fully saturated rings. The molecule has 2 heterocycles. The molecule has 2 rings (SSSR count). The molecule has 0 spiro atoms. The van der Waals surface area contributed by atoms with Crippen molar-refractivity contribution in [1.29, 1.82) is 0 Å². The third kappa shape index (κ3) is 2.33. The Kier molecular flexibility index (Phi) is 3.65. The van der Waals surface area contributed by atoms with E-state index in [9.17, 15) is 9.90 Å². The number of rotatable bonds is 2. The molecule has 1 aromatic heterocycles. The molecule has 5 heteroatoms. The lowest BCUT2D eigenvalue weighted by Crippen LogP contribution is -2.55. The summed E-state index contributed by atoms with van der Waals surface area (Å²) in [6.45, 7) is 7.69. The van der Waals surface area contributed by atoms with Gasteiger partial charge in [-0.3, -0.25) is 9.78 Å². The lowest BCUT2D eigenvalue weighted by molar-refractivity contribution is -0.143. The standard InChI is InChI=1S/C15H21N3O2/c1-5-12-9-15(20,14(2,3)4)18(17-12)13(19)11-7-6-8-16-10-11/h6-8,10,20H,5,9H2,1-4H3/t15-/m1/s1. The van der Waals surface area contributed by atoms with Crippen molar-refractivity contribution in [1.82, 2.24) is 9.99 Å². The van der Waals surface area contributed by atoms with Crippen LogP contribution in [0.25, 0.3) is 0 Å². The molecule has 1 aliphatic rings. The van der Waals surface area contributed by atoms with Crippen molar-refractivity contribution >= 4 is 11.6 Å². The van der Waals surface area contributed by atoms with E-state index in [1.807, 2.05) is 27.7 Å². The van der Waals surface area contributed by atoms with Gasteiger partial charge in [0, 0.05) is 29.9 Å². The molecular weight excluding hydrogens is 254 g/mol. The quantitative estimate of drug-likeness (QED) is 0.901. The summed E-state index contributed by atoms with van der Waals surface area (Å²) < 4.78 is 0. The number of amides is 1. The van der Waals surface area contributed by atoms with E-state index in [0.29, 0.717) is 12.0 Å². The molecule has 0 saturated carbocycles. The van der Waals surface area contributed by atoms with E-state index in [4.69, 9.17) is 0 Å². The number of hydrogen-bond donors (Lipinski definition) is 1. The minimum Gasteiger partial charge on any atom is -0.368 e. The summed E-state index contributed by atoms with van der Waals surface area (Å²) in [5.74, 6) is -0.320. The maximum absolute atomic E-state index is 12.6. The minimum absolute atomic E-state index is 0.320. The second-order valence-corrected chi connectivity index (χ2v) is 6.12. The van der Waals surface area contributed by atoms with Crippen LogP contribution in [0.4, 0.5) is 0 Å². The molecular formula is C15H21N3O2. The molecule has 0 aliphatic carbocycles. The number of carbonyl (C=O) groups is 1. The van der Waals surface area contributed by atoms with Gasteiger partial charge in [-0.05, 0) is 18.6 Å². The van der Waals surface area contributed by atoms with E-state index in [1.54, 1.807) is 18.3 Å². The van der Waals surface area contributed by atoms with Crippen LogP contribution in [0.5, 0.6) is 0 Å². The molecule has 0 radical (unpaired) electrons. The van der Waals surface area contributed by atoms with Gasteiger partial charge in [0.15, 0.2) is 5.72 Å². The number of aliphatic hydroxyl groups is 1. The first-order valence-electron chi connectivity index (χ1n) is 6.83. The molecule has 0 aromatic carbocycles. The van der Waals surface area contributed by atoms with E-state index < -0.39 is 11.1 Å². The smallest absolute Gasteiger partial charge is 0.278 e. The maximum Gasteiger partial charge on any atom is 0.278 e. The van der Waals surface area contributed by atoms with E-state index in [0.717, 1.165) is 12.1 Å². The molecule has 108 valence electrons. The van der Waals surface area contributed by atoms with Crippen molar-refractivity contribution in [2.75, 3.05) is 0 Å². The third-order valence-electron chi connectivity index (χ3n) is 3.75. The topological polar surface area (TPSA) is 65.8 Å². The van der Waals surface area contributed by atoms with Gasteiger partial charge in [0.2, 0.25) is 0 Å². The molecule has 1 atom stereocenters. The predicted octanol–water partition coefficient (Wildman–Crippen LogP) is 2.43. The Morgan fingerprint density at radius 1 is 1.50 bits per heavy atom. The number of carbonyl (C=O) groups excluding carboxylic acids is 1. The molecule has 0 unspecified atom stereocenters. The summed E-state index contributed by atoms with van der Waals surface area (Å²) in [4.78, 5) is 16.5. The highest BCUT2D eigenvalue weighted by atomic mass is 16.3. The van der Waals surface area contributed by atoms with Gasteiger partial charge in [-0.15, -0.1) is 0 Å². The molecule has 1 aromatic rings. The van der Waals surface area contributed by atoms with Gasteiger partial charge in [-0.25, -0.2) is 0 Å². The lowest BCUT2D eigenvalue weighted by Gasteiger charge is -2.41. The van der Waals surface area contributed by atoms with Crippen LogP contribution in [-0.4, -0.2) is 32.4 Å². The normalized spacial score (nSPS) is 22.9. The van der Waals surface area contributed by atoms with Crippen LogP contribution in [-0.2, 0) is 0 Å². The Hall–Kier alpha value is -1.75. The zero-order valence-corrected chi connectivity index (χ0v) is 12.4. The van der Waals surface area contributed by atoms with Gasteiger partial charge in [-0.1, -0.05) is 27.7 Å². The largest absolute Gasteiger partial charge is 0.368 e. The third-order valence-corrected chi connectivity index (χ3v) is 3.75. The van der Waals surface area contributed by atoms with Crippen molar-refractivity contribution in [2.24, 2.45) is 10.5 Å². The summed E-state index contributed by atoms with van der Waals surface area (Å²) in [5, 5.41) is 16.5. The van der Waals surface area contributed by atoms with Gasteiger partial charge >= 0.3 is 0 Å². The summed E-state index contributed by atoms with van der Waals surface area (Å²) >= 11 is 0. The molecule has 5 nitrogen and oxygen atoms in total. The van der Waals surface area contributed by atoms with Crippen LogP contribution in [0.1, 0.15) is 50.9 Å². The van der Waals surface area contributed by atoms with Crippen LogP contribution >= 0.6 is 0 Å². The average Bonchev–Trinajstić information content (AvgIpc) is 2.77. The SMILES string of the molecule is CCC1=NN(C(=O)c2cccnc2)[C@](O)(C(C)(C)C)C1. The van der Waals surface area contributed by atoms with E-state index in [2.05, 4.69) is 10.1 Å². The first kappa shape index (κ1) is 14.7. The van der Waals surface area contributed by atoms with Crippen LogP contribution in [0.15, 0.2) is 29.6 Å². The highest BCUT2D eigenvalue weighted by molar-refractivity contribution is 5.98. The van der Waals surface area contributed by atoms with Gasteiger partial charge < -0.3 is 5.11 Å². The average molecular weight is 275 g/mol. The molecule has 1 amide bonds. The van der Waals surface area contributed by atoms with Crippen molar-refractivity contribution in [3.05, 3.63) is 30.1 Å². The molecule has 1 aliphatic heterocycles. The Balaban J connectivity index is 2.41. The number of hydrazone groups is 1. The number of nitrogens with zero attached hydrogens (tertiary/aromatic N) is 3. The zero-order valence-electron chi connectivity index (χ0n) is 12.4. The van der Waals surface area contributed by atoms with E-state index >= 15 is 0 Å². The number of aromatic nitrogens is 1. The van der Waals surface area contributed by atoms with Crippen molar-refractivity contribution in [3.8, 4) is 0 Å². The van der Waals surface area contributed by atoms with Gasteiger partial charge in [0.1, 0.15) is 0 Å². The fourth-order valence-electron chi connectivity index (χ4n) is 2.22. The van der Waals surface area contributed by atoms with Crippen LogP contribution in [0.2, 0.25) is 0 Å². The van der Waals surface area contributed by atoms with Gasteiger partial charge in [0.05, 0.1) is 5.56 Å². The Morgan fingerprint density at radius 2 is 2.20 bits per heavy atom. The van der Waals surface area contributed by atoms with Crippen molar-refractivity contribution < 1.29 is 9.90 Å². The Bertz CT molecular complexity index is 534. The van der Waals surface area contributed by atoms with Crippen molar-refractivity contribution in [3.63, 3.8) is 0 Å². The van der Waals surface area contributed by atoms with Crippen LogP contribution in [0.3, 0.4) is 0 Å². The maximum atomic E-state index is 12.6. The highest BCUT2D eigenvalue weighted by Gasteiger charge is 2.52. The zero-order chi connectivity index (χ0) is 15.0. The molecule has 20 heavy (non-hydrogen) atoms. The Morgan fingerprint density at radius 3 is 2.70 bits per heavy atom. The molecule has 0 saturated heterocycles. The van der Waals surface area contributed by atoms with Gasteiger partial charge in [-0.2, -0.15) is 10.1 Å². The second kappa shape index (κ2) is 4.98. The predicted molar refractivity (Wildman–Crippen MR) is 77.2 cm³/mol. The fraction of sp³-hybridized carbons (Fsp3) is 0.533. The highest BCUT2D eigenvalue weighted by Crippen LogP contribution is 2.41. The number of hydrogen-bond acceptors (Lipinski definition) is 4. The first-order valence-corrected chi connectivity index (χ1v) is 6.83. The van der Waals surface area contributed by atoms with Crippen LogP contribution in [0, 0.1) is 5.41 Å². The molecule has 0 bridgehead atoms. The fourth-order valence-corrected chi connectivity index (χ4v) is 2.22. The van der Waals surface area contributed by atoms with Crippen LogP contribution < -0.4 is 0 Å². The summed E-state index contributed by atoms with van der Waals surface area (Å²) in [5.41, 5.74) is -0.535. The van der Waals surface area contributed by atoms with Crippen molar-refractivity contribution in [2.45, 2.75) is 46.3 Å². The second-order valence-electron chi connectivity index (χ2n) is 6.12. The number of pyridine rings is 1.